The molecule has 4 rings (SSSR count). The molecule has 29 heavy (non-hydrogen) atoms. The van der Waals surface area contributed by atoms with E-state index in [4.69, 9.17) is 0 Å². The van der Waals surface area contributed by atoms with Crippen molar-refractivity contribution in [3.8, 4) is 0 Å². The van der Waals surface area contributed by atoms with Gasteiger partial charge in [0.05, 0.1) is 5.69 Å². The van der Waals surface area contributed by atoms with Crippen LogP contribution in [0, 0.1) is 5.82 Å². The van der Waals surface area contributed by atoms with Gasteiger partial charge in [-0.15, -0.1) is 11.3 Å². The van der Waals surface area contributed by atoms with Crippen LogP contribution in [0.2, 0.25) is 0 Å². The zero-order valence-corrected chi connectivity index (χ0v) is 18.7. The topological polar surface area (TPSA) is 29.1 Å². The van der Waals surface area contributed by atoms with Crippen LogP contribution < -0.4 is 36.6 Å². The van der Waals surface area contributed by atoms with Crippen LogP contribution in [0.4, 0.5) is 10.1 Å². The van der Waals surface area contributed by atoms with Crippen LogP contribution in [0.3, 0.4) is 0 Å². The Morgan fingerprint density at radius 3 is 2.66 bits per heavy atom. The van der Waals surface area contributed by atoms with Crippen LogP contribution in [0.25, 0.3) is 11.1 Å². The summed E-state index contributed by atoms with van der Waals surface area (Å²) in [6.07, 6.45) is 4.08. The molecule has 0 unspecified atom stereocenters. The monoisotopic (exact) mass is 449 g/mol. The van der Waals surface area contributed by atoms with Crippen molar-refractivity contribution in [3.63, 3.8) is 0 Å². The number of anilines is 1. The van der Waals surface area contributed by atoms with E-state index in [1.54, 1.807) is 15.5 Å². The Morgan fingerprint density at radius 2 is 1.97 bits per heavy atom. The molecule has 0 aliphatic carbocycles. The molecule has 4 nitrogen and oxygen atoms in total. The zero-order chi connectivity index (χ0) is 19.8. The third kappa shape index (κ3) is 3.74. The smallest absolute Gasteiger partial charge is 0.271 e. The van der Waals surface area contributed by atoms with E-state index in [1.807, 2.05) is 44.4 Å². The molecule has 2 aromatic heterocycles. The Morgan fingerprint density at radius 1 is 1.17 bits per heavy atom. The summed E-state index contributed by atoms with van der Waals surface area (Å²) >= 11 is 2.91. The fraction of sp³-hybridized carbons (Fsp3) is 0.238. The third-order valence-electron chi connectivity index (χ3n) is 4.81. The minimum atomic E-state index is -0.269. The standard InChI is InChI=1S/C21H21FN3OS2.ClH/c1-4-24-12-7-6-9-14(24)13-17-25(5-2)20(26)19(28-17)21-23(3)18-15(22)10-8-11-16(18)27-21;/h6-13H,4-5H2,1-3H3;1H/q+1;/p-1/b21-19+;. The number of rotatable bonds is 3. The summed E-state index contributed by atoms with van der Waals surface area (Å²) in [7, 11) is 1.82. The molecule has 1 aliphatic rings. The quantitative estimate of drug-likeness (QED) is 0.506. The molecule has 0 saturated carbocycles. The molecule has 0 radical (unpaired) electrons. The van der Waals surface area contributed by atoms with Gasteiger partial charge in [-0.3, -0.25) is 9.36 Å². The molecule has 0 atom stereocenters. The fourth-order valence-corrected chi connectivity index (χ4v) is 5.86. The molecule has 3 aromatic rings. The lowest BCUT2D eigenvalue weighted by Crippen LogP contribution is -3.00. The highest BCUT2D eigenvalue weighted by atomic mass is 35.5. The number of hydrogen-bond acceptors (Lipinski definition) is 4. The number of aryl methyl sites for hydroxylation is 1. The fourth-order valence-electron chi connectivity index (χ4n) is 3.38. The summed E-state index contributed by atoms with van der Waals surface area (Å²) in [6, 6.07) is 11.1. The SMILES string of the molecule is CCn1c(=O)/c(=C2\Sc3cccc(F)c3N2C)s/c1=C\c1cccc[n+]1CC.[Cl-]. The van der Waals surface area contributed by atoms with Crippen molar-refractivity contribution in [2.45, 2.75) is 31.8 Å². The molecule has 1 aliphatic heterocycles. The molecule has 0 N–H and O–H groups in total. The second kappa shape index (κ2) is 8.73. The van der Waals surface area contributed by atoms with E-state index in [2.05, 4.69) is 17.6 Å². The lowest BCUT2D eigenvalue weighted by Gasteiger charge is -2.12. The maximum atomic E-state index is 14.3. The summed E-state index contributed by atoms with van der Waals surface area (Å²) in [5.41, 5.74) is 1.56. The average Bonchev–Trinajstić information content (AvgIpc) is 3.19. The van der Waals surface area contributed by atoms with Gasteiger partial charge in [0, 0.05) is 36.7 Å². The van der Waals surface area contributed by atoms with E-state index in [1.165, 1.54) is 29.2 Å². The highest BCUT2D eigenvalue weighted by Gasteiger charge is 2.27. The Balaban J connectivity index is 0.00000240. The number of hydrogen-bond donors (Lipinski definition) is 0. The zero-order valence-electron chi connectivity index (χ0n) is 16.4. The van der Waals surface area contributed by atoms with Crippen LogP contribution >= 0.6 is 23.1 Å². The van der Waals surface area contributed by atoms with Crippen LogP contribution in [-0.4, -0.2) is 11.6 Å². The Bertz CT molecular complexity index is 1240. The van der Waals surface area contributed by atoms with Gasteiger partial charge in [-0.1, -0.05) is 17.8 Å². The third-order valence-corrected chi connectivity index (χ3v) is 7.28. The molecule has 0 bridgehead atoms. The van der Waals surface area contributed by atoms with Crippen LogP contribution in [-0.2, 0) is 13.1 Å². The molecule has 0 amide bonds. The van der Waals surface area contributed by atoms with E-state index in [0.717, 1.165) is 26.8 Å². The number of fused-ring (bicyclic) bond motifs is 1. The highest BCUT2D eigenvalue weighted by Crippen LogP contribution is 2.46. The van der Waals surface area contributed by atoms with Gasteiger partial charge in [0.15, 0.2) is 6.20 Å². The Hall–Kier alpha value is -2.09. The molecule has 8 heteroatoms. The first kappa shape index (κ1) is 21.6. The number of halogens is 2. The molecule has 3 heterocycles. The first-order valence-electron chi connectivity index (χ1n) is 9.19. The first-order valence-corrected chi connectivity index (χ1v) is 10.8. The lowest BCUT2D eigenvalue weighted by atomic mass is 10.3. The lowest BCUT2D eigenvalue weighted by molar-refractivity contribution is -0.695. The van der Waals surface area contributed by atoms with Gasteiger partial charge in [-0.2, -0.15) is 4.57 Å². The van der Waals surface area contributed by atoms with Crippen LogP contribution in [0.1, 0.15) is 19.5 Å². The summed E-state index contributed by atoms with van der Waals surface area (Å²) in [5.74, 6) is -0.269. The predicted octanol–water partition coefficient (Wildman–Crippen LogP) is -0.483. The van der Waals surface area contributed by atoms with E-state index < -0.39 is 0 Å². The molecule has 1 aromatic carbocycles. The van der Waals surface area contributed by atoms with Gasteiger partial charge in [-0.25, -0.2) is 4.39 Å². The summed E-state index contributed by atoms with van der Waals surface area (Å²) in [6.45, 7) is 5.50. The minimum absolute atomic E-state index is 0. The number of benzene rings is 1. The summed E-state index contributed by atoms with van der Waals surface area (Å²) < 4.78 is 19.8. The van der Waals surface area contributed by atoms with Gasteiger partial charge < -0.3 is 17.3 Å². The Kier molecular flexibility index (Phi) is 6.51. The van der Waals surface area contributed by atoms with Crippen molar-refractivity contribution >= 4 is 39.9 Å². The van der Waals surface area contributed by atoms with Gasteiger partial charge in [0.25, 0.3) is 5.56 Å². The summed E-state index contributed by atoms with van der Waals surface area (Å²) in [5, 5.41) is 0.786. The predicted molar refractivity (Wildman–Crippen MR) is 113 cm³/mol. The summed E-state index contributed by atoms with van der Waals surface area (Å²) in [4.78, 5) is 15.8. The molecular weight excluding hydrogens is 429 g/mol. The Labute approximate surface area is 183 Å². The minimum Gasteiger partial charge on any atom is -1.00 e. The molecule has 0 fully saturated rings. The van der Waals surface area contributed by atoms with Crippen LogP contribution in [0.15, 0.2) is 52.3 Å². The van der Waals surface area contributed by atoms with E-state index in [-0.39, 0.29) is 23.8 Å². The van der Waals surface area contributed by atoms with E-state index in [9.17, 15) is 9.18 Å². The van der Waals surface area contributed by atoms with Gasteiger partial charge >= 0.3 is 0 Å². The molecule has 0 saturated heterocycles. The number of para-hydroxylation sites is 1. The average molecular weight is 450 g/mol. The maximum Gasteiger partial charge on any atom is 0.271 e. The maximum absolute atomic E-state index is 14.3. The van der Waals surface area contributed by atoms with Crippen molar-refractivity contribution in [1.82, 2.24) is 4.57 Å². The highest BCUT2D eigenvalue weighted by molar-refractivity contribution is 8.08. The van der Waals surface area contributed by atoms with Gasteiger partial charge in [0.2, 0.25) is 5.69 Å². The molecule has 0 spiro atoms. The number of aromatic nitrogens is 2. The first-order chi connectivity index (χ1) is 13.5. The van der Waals surface area contributed by atoms with Gasteiger partial charge in [-0.05, 0) is 32.0 Å². The number of thiazole rings is 1. The van der Waals surface area contributed by atoms with Crippen molar-refractivity contribution < 1.29 is 21.4 Å². The second-order valence-electron chi connectivity index (χ2n) is 6.43. The number of nitrogens with zero attached hydrogens (tertiary/aromatic N) is 3. The number of pyridine rings is 1. The van der Waals surface area contributed by atoms with E-state index in [0.29, 0.717) is 16.8 Å². The molecule has 152 valence electrons. The van der Waals surface area contributed by atoms with Crippen LogP contribution in [0.5, 0.6) is 0 Å². The van der Waals surface area contributed by atoms with E-state index >= 15 is 0 Å². The van der Waals surface area contributed by atoms with Crippen molar-refractivity contribution in [3.05, 3.63) is 73.7 Å². The van der Waals surface area contributed by atoms with Gasteiger partial charge in [0.1, 0.15) is 26.6 Å². The normalized spacial score (nSPS) is 15.4. The number of thioether (sulfide) groups is 1. The van der Waals surface area contributed by atoms with Crippen molar-refractivity contribution in [1.29, 1.82) is 0 Å². The van der Waals surface area contributed by atoms with Crippen molar-refractivity contribution in [2.75, 3.05) is 11.9 Å². The largest absolute Gasteiger partial charge is 1.00 e. The van der Waals surface area contributed by atoms with Crippen molar-refractivity contribution in [2.24, 2.45) is 0 Å². The second-order valence-corrected chi connectivity index (χ2v) is 8.49. The molecular formula is C21H21ClFN3OS2.